The molecule has 0 amide bonds. The van der Waals surface area contributed by atoms with Gasteiger partial charge in [-0.2, -0.15) is 0 Å². The Morgan fingerprint density at radius 2 is 1.87 bits per heavy atom. The predicted molar refractivity (Wildman–Crippen MR) is 76.0 cm³/mol. The normalized spacial score (nSPS) is 30.7. The third-order valence-electron chi connectivity index (χ3n) is 3.54. The highest BCUT2D eigenvalue weighted by Crippen LogP contribution is 2.26. The van der Waals surface area contributed by atoms with Crippen molar-refractivity contribution in [2.75, 3.05) is 5.32 Å². The molecule has 0 aliphatic carbocycles. The first kappa shape index (κ1) is 17.1. The van der Waals surface area contributed by atoms with Crippen molar-refractivity contribution in [3.05, 3.63) is 33.9 Å². The van der Waals surface area contributed by atoms with Gasteiger partial charge in [-0.15, -0.1) is 0 Å². The molecule has 0 bridgehead atoms. The number of aliphatic hydroxyl groups is 3. The molecule has 0 radical (unpaired) electrons. The lowest BCUT2D eigenvalue weighted by molar-refractivity contribution is -0.384. The van der Waals surface area contributed by atoms with Crippen LogP contribution in [0.25, 0.3) is 0 Å². The van der Waals surface area contributed by atoms with Gasteiger partial charge in [0, 0.05) is 17.8 Å². The fourth-order valence-electron chi connectivity index (χ4n) is 2.26. The summed E-state index contributed by atoms with van der Waals surface area (Å²) in [5.74, 6) is -1.36. The summed E-state index contributed by atoms with van der Waals surface area (Å²) in [6, 6.07) is 3.10. The molecule has 23 heavy (non-hydrogen) atoms. The van der Waals surface area contributed by atoms with E-state index in [0.717, 1.165) is 18.2 Å². The summed E-state index contributed by atoms with van der Waals surface area (Å²) >= 11 is 0. The molecule has 10 nitrogen and oxygen atoms in total. The Labute approximate surface area is 130 Å². The number of hydrogen-bond acceptors (Lipinski definition) is 8. The zero-order chi connectivity index (χ0) is 17.3. The number of carboxylic acid groups (broad SMARTS) is 1. The zero-order valence-corrected chi connectivity index (χ0v) is 12.0. The molecule has 5 N–H and O–H groups in total. The number of aromatic carboxylic acids is 1. The molecule has 1 aromatic rings. The summed E-state index contributed by atoms with van der Waals surface area (Å²) in [5.41, 5.74) is -0.747. The van der Waals surface area contributed by atoms with Crippen molar-refractivity contribution in [1.29, 1.82) is 0 Å². The number of benzene rings is 1. The molecule has 0 spiro atoms. The van der Waals surface area contributed by atoms with Crippen LogP contribution in [0.5, 0.6) is 0 Å². The number of aliphatic hydroxyl groups excluding tert-OH is 3. The largest absolute Gasteiger partial charge is 0.478 e. The lowest BCUT2D eigenvalue weighted by Gasteiger charge is -2.39. The van der Waals surface area contributed by atoms with E-state index in [1.165, 1.54) is 6.92 Å². The van der Waals surface area contributed by atoms with Crippen molar-refractivity contribution in [2.24, 2.45) is 0 Å². The maximum absolute atomic E-state index is 11.0. The Balaban J connectivity index is 2.28. The lowest BCUT2D eigenvalue weighted by atomic mass is 9.99. The monoisotopic (exact) mass is 328 g/mol. The molecule has 1 saturated heterocycles. The summed E-state index contributed by atoms with van der Waals surface area (Å²) in [6.07, 6.45) is -6.25. The number of ether oxygens (including phenoxy) is 1. The average molecular weight is 328 g/mol. The van der Waals surface area contributed by atoms with Gasteiger partial charge in [0.05, 0.1) is 16.6 Å². The Morgan fingerprint density at radius 3 is 2.43 bits per heavy atom. The van der Waals surface area contributed by atoms with E-state index in [4.69, 9.17) is 9.84 Å². The highest BCUT2D eigenvalue weighted by molar-refractivity contribution is 5.90. The van der Waals surface area contributed by atoms with Crippen LogP contribution >= 0.6 is 0 Å². The highest BCUT2D eigenvalue weighted by Gasteiger charge is 2.41. The molecule has 2 rings (SSSR count). The van der Waals surface area contributed by atoms with Crippen LogP contribution in [0, 0.1) is 10.1 Å². The van der Waals surface area contributed by atoms with E-state index >= 15 is 0 Å². The van der Waals surface area contributed by atoms with E-state index in [-0.39, 0.29) is 11.3 Å². The van der Waals surface area contributed by atoms with E-state index < -0.39 is 47.2 Å². The zero-order valence-electron chi connectivity index (χ0n) is 12.0. The highest BCUT2D eigenvalue weighted by atomic mass is 16.6. The molecule has 1 aliphatic heterocycles. The van der Waals surface area contributed by atoms with E-state index in [9.17, 15) is 30.2 Å². The van der Waals surface area contributed by atoms with E-state index in [0.29, 0.717) is 0 Å². The van der Waals surface area contributed by atoms with Crippen LogP contribution in [0.3, 0.4) is 0 Å². The average Bonchev–Trinajstić information content (AvgIpc) is 2.50. The minimum Gasteiger partial charge on any atom is -0.478 e. The second-order valence-electron chi connectivity index (χ2n) is 5.21. The fourth-order valence-corrected chi connectivity index (χ4v) is 2.26. The maximum Gasteiger partial charge on any atom is 0.336 e. The molecule has 126 valence electrons. The van der Waals surface area contributed by atoms with Gasteiger partial charge < -0.3 is 30.5 Å². The molecular weight excluding hydrogens is 312 g/mol. The summed E-state index contributed by atoms with van der Waals surface area (Å²) in [7, 11) is 0. The maximum atomic E-state index is 11.0. The van der Waals surface area contributed by atoms with E-state index in [2.05, 4.69) is 5.32 Å². The van der Waals surface area contributed by atoms with Crippen LogP contribution < -0.4 is 5.32 Å². The van der Waals surface area contributed by atoms with Crippen LogP contribution in [-0.2, 0) is 4.74 Å². The van der Waals surface area contributed by atoms with Gasteiger partial charge in [-0.1, -0.05) is 0 Å². The van der Waals surface area contributed by atoms with Crippen molar-refractivity contribution in [3.63, 3.8) is 0 Å². The summed E-state index contributed by atoms with van der Waals surface area (Å²) < 4.78 is 5.30. The summed E-state index contributed by atoms with van der Waals surface area (Å²) in [5, 5.41) is 51.7. The van der Waals surface area contributed by atoms with Crippen molar-refractivity contribution in [2.45, 2.75) is 37.6 Å². The first-order valence-electron chi connectivity index (χ1n) is 6.69. The Morgan fingerprint density at radius 1 is 1.22 bits per heavy atom. The topological polar surface area (TPSA) is 162 Å². The van der Waals surface area contributed by atoms with Gasteiger partial charge in [0.2, 0.25) is 0 Å². The first-order chi connectivity index (χ1) is 10.7. The van der Waals surface area contributed by atoms with Crippen LogP contribution in [0.2, 0.25) is 0 Å². The van der Waals surface area contributed by atoms with Gasteiger partial charge in [-0.3, -0.25) is 10.1 Å². The molecule has 5 atom stereocenters. The quantitative estimate of drug-likeness (QED) is 0.363. The molecule has 0 unspecified atom stereocenters. The van der Waals surface area contributed by atoms with E-state index in [1.54, 1.807) is 0 Å². The molecule has 0 saturated carbocycles. The van der Waals surface area contributed by atoms with Gasteiger partial charge in [-0.05, 0) is 13.0 Å². The fraction of sp³-hybridized carbons (Fsp3) is 0.462. The first-order valence-corrected chi connectivity index (χ1v) is 6.69. The SMILES string of the molecule is C[C@@H]1O[C@@H](Nc2cc(C(=O)O)cc([N+](=O)[O-])c2)[C@@H](O)[C@@H](O)[C@@H]1O. The number of nitrogens with one attached hydrogen (secondary N) is 1. The molecule has 10 heteroatoms. The number of rotatable bonds is 4. The number of nitro benzene ring substituents is 1. The Kier molecular flexibility index (Phi) is 4.80. The number of non-ortho nitro benzene ring substituents is 1. The summed E-state index contributed by atoms with van der Waals surface area (Å²) in [4.78, 5) is 21.1. The van der Waals surface area contributed by atoms with Gasteiger partial charge in [0.15, 0.2) is 6.23 Å². The van der Waals surface area contributed by atoms with Gasteiger partial charge in [-0.25, -0.2) is 4.79 Å². The van der Waals surface area contributed by atoms with Gasteiger partial charge in [0.25, 0.3) is 5.69 Å². The van der Waals surface area contributed by atoms with Gasteiger partial charge >= 0.3 is 5.97 Å². The Bertz CT molecular complexity index is 590. The molecule has 1 aromatic carbocycles. The number of anilines is 1. The standard InChI is InChI=1S/C13H16N2O8/c1-5-9(16)10(17)11(18)12(23-5)14-7-2-6(13(19)20)3-8(4-7)15(21)22/h2-5,9-12,14,16-18H,1H3,(H,19,20)/t5-,9+,10-,11-,12+/m0/s1. The molecule has 1 aliphatic rings. The van der Waals surface area contributed by atoms with Crippen LogP contribution in [0.4, 0.5) is 11.4 Å². The number of carbonyl (C=O) groups is 1. The van der Waals surface area contributed by atoms with Gasteiger partial charge in [0.1, 0.15) is 18.3 Å². The van der Waals surface area contributed by atoms with Crippen molar-refractivity contribution in [3.8, 4) is 0 Å². The van der Waals surface area contributed by atoms with Crippen LogP contribution in [0.15, 0.2) is 18.2 Å². The number of nitro groups is 1. The molecule has 0 aromatic heterocycles. The van der Waals surface area contributed by atoms with Crippen molar-refractivity contribution < 1.29 is 34.9 Å². The smallest absolute Gasteiger partial charge is 0.336 e. The molecule has 1 fully saturated rings. The minimum absolute atomic E-state index is 0.0245. The van der Waals surface area contributed by atoms with E-state index in [1.807, 2.05) is 0 Å². The summed E-state index contributed by atoms with van der Waals surface area (Å²) in [6.45, 7) is 1.48. The second kappa shape index (κ2) is 6.46. The number of carboxylic acids is 1. The lowest BCUT2D eigenvalue weighted by Crippen LogP contribution is -2.58. The van der Waals surface area contributed by atoms with Crippen molar-refractivity contribution >= 4 is 17.3 Å². The number of hydrogen-bond donors (Lipinski definition) is 5. The Hall–Kier alpha value is -2.27. The van der Waals surface area contributed by atoms with Crippen LogP contribution in [0.1, 0.15) is 17.3 Å². The molecule has 1 heterocycles. The van der Waals surface area contributed by atoms with Crippen LogP contribution in [-0.4, -0.2) is 62.0 Å². The third kappa shape index (κ3) is 3.56. The predicted octanol–water partition coefficient (Wildman–Crippen LogP) is -0.468. The van der Waals surface area contributed by atoms with Crippen molar-refractivity contribution in [1.82, 2.24) is 0 Å². The number of nitrogens with zero attached hydrogens (tertiary/aromatic N) is 1. The minimum atomic E-state index is -1.51. The second-order valence-corrected chi connectivity index (χ2v) is 5.21. The molecular formula is C13H16N2O8. The third-order valence-corrected chi connectivity index (χ3v) is 3.54.